The van der Waals surface area contributed by atoms with Crippen LogP contribution in [0, 0.1) is 5.82 Å². The van der Waals surface area contributed by atoms with Crippen LogP contribution < -0.4 is 11.1 Å². The Labute approximate surface area is 107 Å². The molecule has 0 aliphatic rings. The Morgan fingerprint density at radius 2 is 1.88 bits per heavy atom. The molecule has 0 aliphatic carbocycles. The van der Waals surface area contributed by atoms with Crippen molar-refractivity contribution in [2.45, 2.75) is 25.8 Å². The van der Waals surface area contributed by atoms with E-state index >= 15 is 0 Å². The Bertz CT molecular complexity index is 360. The molecule has 0 radical (unpaired) electrons. The topological polar surface area (TPSA) is 55.1 Å². The van der Waals surface area contributed by atoms with Crippen molar-refractivity contribution in [1.82, 2.24) is 5.32 Å². The van der Waals surface area contributed by atoms with Gasteiger partial charge in [-0.1, -0.05) is 12.1 Å². The molecular formula is C12H18ClFN2O. The number of hydrogen-bond acceptors (Lipinski definition) is 2. The molecule has 5 heteroatoms. The molecule has 3 nitrogen and oxygen atoms in total. The van der Waals surface area contributed by atoms with Crippen LogP contribution in [0.25, 0.3) is 0 Å². The lowest BCUT2D eigenvalue weighted by atomic mass is 10.1. The van der Waals surface area contributed by atoms with Crippen LogP contribution >= 0.6 is 12.4 Å². The number of halogens is 2. The molecule has 1 amide bonds. The zero-order chi connectivity index (χ0) is 12.2. The summed E-state index contributed by atoms with van der Waals surface area (Å²) in [6, 6.07) is 5.88. The molecule has 0 heterocycles. The summed E-state index contributed by atoms with van der Waals surface area (Å²) < 4.78 is 12.6. The number of benzene rings is 1. The molecule has 3 N–H and O–H groups in total. The molecule has 0 fully saturated rings. The van der Waals surface area contributed by atoms with Crippen molar-refractivity contribution in [2.75, 3.05) is 6.54 Å². The fourth-order valence-electron chi connectivity index (χ4n) is 1.18. The van der Waals surface area contributed by atoms with Crippen LogP contribution in [0.1, 0.15) is 19.4 Å². The first-order valence-electron chi connectivity index (χ1n) is 5.17. The summed E-state index contributed by atoms with van der Waals surface area (Å²) in [5.41, 5.74) is 6.10. The van der Waals surface area contributed by atoms with Gasteiger partial charge in [-0.2, -0.15) is 0 Å². The minimum Gasteiger partial charge on any atom is -0.354 e. The predicted molar refractivity (Wildman–Crippen MR) is 68.6 cm³/mol. The summed E-state index contributed by atoms with van der Waals surface area (Å²) in [6.45, 7) is 4.10. The summed E-state index contributed by atoms with van der Waals surface area (Å²) >= 11 is 0. The van der Waals surface area contributed by atoms with Crippen LogP contribution in [-0.2, 0) is 11.2 Å². The summed E-state index contributed by atoms with van der Waals surface area (Å²) in [4.78, 5) is 11.5. The number of nitrogens with two attached hydrogens (primary N) is 1. The van der Waals surface area contributed by atoms with E-state index in [2.05, 4.69) is 5.32 Å². The molecule has 1 rings (SSSR count). The Hall–Kier alpha value is -1.13. The van der Waals surface area contributed by atoms with Gasteiger partial charge < -0.3 is 11.1 Å². The van der Waals surface area contributed by atoms with Crippen LogP contribution in [0.3, 0.4) is 0 Å². The maximum Gasteiger partial charge on any atom is 0.224 e. The maximum atomic E-state index is 12.6. The third-order valence-electron chi connectivity index (χ3n) is 2.02. The van der Waals surface area contributed by atoms with Crippen molar-refractivity contribution in [1.29, 1.82) is 0 Å². The molecule has 0 aromatic heterocycles. The SMILES string of the molecule is CC(C)(N)CNC(=O)Cc1ccc(F)cc1.Cl. The van der Waals surface area contributed by atoms with Crippen LogP contribution in [-0.4, -0.2) is 18.0 Å². The molecule has 1 aromatic rings. The molecule has 0 saturated carbocycles. The summed E-state index contributed by atoms with van der Waals surface area (Å²) in [5, 5.41) is 2.73. The molecule has 0 saturated heterocycles. The maximum absolute atomic E-state index is 12.6. The van der Waals surface area contributed by atoms with Crippen molar-refractivity contribution < 1.29 is 9.18 Å². The average Bonchev–Trinajstić information content (AvgIpc) is 2.18. The molecule has 0 atom stereocenters. The predicted octanol–water partition coefficient (Wildman–Crippen LogP) is 1.64. The molecule has 0 spiro atoms. The quantitative estimate of drug-likeness (QED) is 0.865. The fraction of sp³-hybridized carbons (Fsp3) is 0.417. The Morgan fingerprint density at radius 1 is 1.35 bits per heavy atom. The third kappa shape index (κ3) is 6.92. The largest absolute Gasteiger partial charge is 0.354 e. The van der Waals surface area contributed by atoms with Gasteiger partial charge in [-0.15, -0.1) is 12.4 Å². The van der Waals surface area contributed by atoms with Gasteiger partial charge in [-0.3, -0.25) is 4.79 Å². The Balaban J connectivity index is 0.00000256. The van der Waals surface area contributed by atoms with E-state index in [-0.39, 0.29) is 30.6 Å². The van der Waals surface area contributed by atoms with E-state index in [0.717, 1.165) is 5.56 Å². The zero-order valence-corrected chi connectivity index (χ0v) is 10.8. The second-order valence-electron chi connectivity index (χ2n) is 4.57. The van der Waals surface area contributed by atoms with Gasteiger partial charge in [-0.25, -0.2) is 4.39 Å². The second kappa shape index (κ2) is 6.57. The van der Waals surface area contributed by atoms with Crippen LogP contribution in [0.2, 0.25) is 0 Å². The zero-order valence-electron chi connectivity index (χ0n) is 10.00. The summed E-state index contributed by atoms with van der Waals surface area (Å²) in [6.07, 6.45) is 0.246. The van der Waals surface area contributed by atoms with E-state index in [9.17, 15) is 9.18 Å². The Morgan fingerprint density at radius 3 is 2.35 bits per heavy atom. The van der Waals surface area contributed by atoms with Gasteiger partial charge in [0, 0.05) is 12.1 Å². The third-order valence-corrected chi connectivity index (χ3v) is 2.02. The van der Waals surface area contributed by atoms with E-state index in [1.807, 2.05) is 13.8 Å². The molecule has 0 unspecified atom stereocenters. The summed E-state index contributed by atoms with van der Waals surface area (Å²) in [7, 11) is 0. The molecule has 96 valence electrons. The normalized spacial score (nSPS) is 10.6. The van der Waals surface area contributed by atoms with E-state index in [0.29, 0.717) is 6.54 Å². The average molecular weight is 261 g/mol. The Kier molecular flexibility index (Phi) is 6.13. The van der Waals surface area contributed by atoms with Gasteiger partial charge in [0.15, 0.2) is 0 Å². The molecule has 17 heavy (non-hydrogen) atoms. The van der Waals surface area contributed by atoms with Crippen molar-refractivity contribution in [3.63, 3.8) is 0 Å². The van der Waals surface area contributed by atoms with Crippen molar-refractivity contribution in [3.8, 4) is 0 Å². The van der Waals surface area contributed by atoms with Crippen LogP contribution in [0.4, 0.5) is 4.39 Å². The lowest BCUT2D eigenvalue weighted by molar-refractivity contribution is -0.120. The van der Waals surface area contributed by atoms with Gasteiger partial charge >= 0.3 is 0 Å². The van der Waals surface area contributed by atoms with Gasteiger partial charge in [0.05, 0.1) is 6.42 Å². The van der Waals surface area contributed by atoms with Crippen LogP contribution in [0.5, 0.6) is 0 Å². The number of carbonyl (C=O) groups is 1. The first-order valence-corrected chi connectivity index (χ1v) is 5.17. The number of nitrogens with one attached hydrogen (secondary N) is 1. The summed E-state index contributed by atoms with van der Waals surface area (Å²) in [5.74, 6) is -0.405. The van der Waals surface area contributed by atoms with Crippen molar-refractivity contribution >= 4 is 18.3 Å². The molecule has 1 aromatic carbocycles. The smallest absolute Gasteiger partial charge is 0.224 e. The number of hydrogen-bond donors (Lipinski definition) is 2. The van der Waals surface area contributed by atoms with E-state index in [1.54, 1.807) is 12.1 Å². The van der Waals surface area contributed by atoms with E-state index in [1.165, 1.54) is 12.1 Å². The first kappa shape index (κ1) is 15.9. The standard InChI is InChI=1S/C12H17FN2O.ClH/c1-12(2,14)8-15-11(16)7-9-3-5-10(13)6-4-9;/h3-6H,7-8,14H2,1-2H3,(H,15,16);1H. The highest BCUT2D eigenvalue weighted by molar-refractivity contribution is 5.85. The fourth-order valence-corrected chi connectivity index (χ4v) is 1.18. The second-order valence-corrected chi connectivity index (χ2v) is 4.57. The van der Waals surface area contributed by atoms with Gasteiger partial charge in [0.1, 0.15) is 5.82 Å². The van der Waals surface area contributed by atoms with E-state index < -0.39 is 5.54 Å². The molecule has 0 aliphatic heterocycles. The molecular weight excluding hydrogens is 243 g/mol. The van der Waals surface area contributed by atoms with Crippen LogP contribution in [0.15, 0.2) is 24.3 Å². The lowest BCUT2D eigenvalue weighted by Crippen LogP contribution is -2.45. The lowest BCUT2D eigenvalue weighted by Gasteiger charge is -2.18. The highest BCUT2D eigenvalue weighted by Gasteiger charge is 2.12. The van der Waals surface area contributed by atoms with E-state index in [4.69, 9.17) is 5.73 Å². The van der Waals surface area contributed by atoms with Crippen molar-refractivity contribution in [2.24, 2.45) is 5.73 Å². The van der Waals surface area contributed by atoms with Crippen molar-refractivity contribution in [3.05, 3.63) is 35.6 Å². The number of amides is 1. The van der Waals surface area contributed by atoms with Gasteiger partial charge in [0.2, 0.25) is 5.91 Å². The minimum absolute atomic E-state index is 0. The highest BCUT2D eigenvalue weighted by atomic mass is 35.5. The minimum atomic E-state index is -0.418. The monoisotopic (exact) mass is 260 g/mol. The number of rotatable bonds is 4. The van der Waals surface area contributed by atoms with Gasteiger partial charge in [0.25, 0.3) is 0 Å². The number of carbonyl (C=O) groups excluding carboxylic acids is 1. The highest BCUT2D eigenvalue weighted by Crippen LogP contribution is 2.03. The van der Waals surface area contributed by atoms with Gasteiger partial charge in [-0.05, 0) is 31.5 Å². The first-order chi connectivity index (χ1) is 7.37. The molecule has 0 bridgehead atoms.